The lowest BCUT2D eigenvalue weighted by molar-refractivity contribution is 0.648. The van der Waals surface area contributed by atoms with Crippen LogP contribution in [0.15, 0.2) is 12.3 Å². The number of hydrogen-bond acceptors (Lipinski definition) is 5. The number of rotatable bonds is 3. The van der Waals surface area contributed by atoms with Gasteiger partial charge in [0.2, 0.25) is 0 Å². The maximum absolute atomic E-state index is 4.79. The number of aromatic nitrogens is 5. The summed E-state index contributed by atoms with van der Waals surface area (Å²) in [6.07, 6.45) is 6.44. The van der Waals surface area contributed by atoms with Gasteiger partial charge in [-0.3, -0.25) is 0 Å². The molecule has 0 saturated carbocycles. The fourth-order valence-electron chi connectivity index (χ4n) is 3.43. The van der Waals surface area contributed by atoms with Crippen molar-refractivity contribution in [1.82, 2.24) is 24.6 Å². The van der Waals surface area contributed by atoms with Crippen LogP contribution in [-0.4, -0.2) is 24.6 Å². The van der Waals surface area contributed by atoms with Crippen molar-refractivity contribution in [2.24, 2.45) is 0 Å². The van der Waals surface area contributed by atoms with E-state index in [4.69, 9.17) is 9.97 Å². The Hall–Kier alpha value is -2.50. The molecular weight excluding hydrogens is 300 g/mol. The Bertz CT molecular complexity index is 912. The molecule has 0 aromatic carbocycles. The van der Waals surface area contributed by atoms with Crippen molar-refractivity contribution < 1.29 is 0 Å². The zero-order chi connectivity index (χ0) is 16.7. The first-order chi connectivity index (χ1) is 11.6. The SMILES string of the molecule is Cc1nc2ccnn2c(NCc2nc(C)c3c(n2)CCCC3)c1C. The highest BCUT2D eigenvalue weighted by atomic mass is 15.3. The van der Waals surface area contributed by atoms with E-state index in [-0.39, 0.29) is 0 Å². The van der Waals surface area contributed by atoms with Gasteiger partial charge in [0.05, 0.1) is 12.7 Å². The monoisotopic (exact) mass is 322 g/mol. The molecule has 24 heavy (non-hydrogen) atoms. The molecule has 124 valence electrons. The standard InChI is InChI=1S/C18H22N6/c1-11-12(2)22-17-8-9-20-24(17)18(11)19-10-16-21-13(3)14-6-4-5-7-15(14)23-16/h8-9,19H,4-7,10H2,1-3H3. The van der Waals surface area contributed by atoms with Crippen LogP contribution < -0.4 is 5.32 Å². The second-order valence-electron chi connectivity index (χ2n) is 6.48. The molecule has 1 aliphatic rings. The average molecular weight is 322 g/mol. The van der Waals surface area contributed by atoms with Gasteiger partial charge in [-0.15, -0.1) is 0 Å². The zero-order valence-corrected chi connectivity index (χ0v) is 14.4. The second-order valence-corrected chi connectivity index (χ2v) is 6.48. The van der Waals surface area contributed by atoms with E-state index in [0.717, 1.165) is 47.1 Å². The number of anilines is 1. The van der Waals surface area contributed by atoms with Crippen LogP contribution >= 0.6 is 0 Å². The maximum atomic E-state index is 4.79. The lowest BCUT2D eigenvalue weighted by atomic mass is 9.95. The Morgan fingerprint density at radius 2 is 1.88 bits per heavy atom. The first-order valence-electron chi connectivity index (χ1n) is 8.53. The molecule has 3 heterocycles. The number of nitrogens with zero attached hydrogens (tertiary/aromatic N) is 5. The fraction of sp³-hybridized carbons (Fsp3) is 0.444. The average Bonchev–Trinajstić information content (AvgIpc) is 3.03. The van der Waals surface area contributed by atoms with E-state index in [0.29, 0.717) is 6.54 Å². The van der Waals surface area contributed by atoms with Crippen LogP contribution in [0.3, 0.4) is 0 Å². The van der Waals surface area contributed by atoms with Crippen molar-refractivity contribution in [2.45, 2.75) is 53.0 Å². The van der Waals surface area contributed by atoms with Crippen LogP contribution in [-0.2, 0) is 19.4 Å². The van der Waals surface area contributed by atoms with E-state index < -0.39 is 0 Å². The lowest BCUT2D eigenvalue weighted by Crippen LogP contribution is -2.15. The summed E-state index contributed by atoms with van der Waals surface area (Å²) in [7, 11) is 0. The Morgan fingerprint density at radius 3 is 2.75 bits per heavy atom. The van der Waals surface area contributed by atoms with Gasteiger partial charge in [-0.2, -0.15) is 9.61 Å². The first-order valence-corrected chi connectivity index (χ1v) is 8.53. The summed E-state index contributed by atoms with van der Waals surface area (Å²) in [6, 6.07) is 1.91. The summed E-state index contributed by atoms with van der Waals surface area (Å²) in [5.74, 6) is 1.81. The molecule has 3 aromatic heterocycles. The van der Waals surface area contributed by atoms with Gasteiger partial charge in [-0.05, 0) is 52.0 Å². The molecule has 0 spiro atoms. The Labute approximate surface area is 141 Å². The topological polar surface area (TPSA) is 68.0 Å². The van der Waals surface area contributed by atoms with Crippen LogP contribution in [0.25, 0.3) is 5.65 Å². The van der Waals surface area contributed by atoms with Gasteiger partial charge in [0.15, 0.2) is 5.65 Å². The summed E-state index contributed by atoms with van der Waals surface area (Å²) in [4.78, 5) is 14.0. The van der Waals surface area contributed by atoms with Gasteiger partial charge in [0, 0.05) is 28.7 Å². The molecule has 1 N–H and O–H groups in total. The summed E-state index contributed by atoms with van der Waals surface area (Å²) in [5, 5.41) is 7.84. The Morgan fingerprint density at radius 1 is 1.04 bits per heavy atom. The molecule has 0 saturated heterocycles. The van der Waals surface area contributed by atoms with E-state index in [1.807, 2.05) is 17.5 Å². The van der Waals surface area contributed by atoms with E-state index in [1.165, 1.54) is 24.1 Å². The normalized spacial score (nSPS) is 14.0. The van der Waals surface area contributed by atoms with Crippen LogP contribution in [0.5, 0.6) is 0 Å². The van der Waals surface area contributed by atoms with Crippen molar-refractivity contribution >= 4 is 11.5 Å². The minimum Gasteiger partial charge on any atom is -0.362 e. The highest BCUT2D eigenvalue weighted by Crippen LogP contribution is 2.23. The Kier molecular flexibility index (Phi) is 3.67. The highest BCUT2D eigenvalue weighted by Gasteiger charge is 2.16. The quantitative estimate of drug-likeness (QED) is 0.803. The van der Waals surface area contributed by atoms with Crippen molar-refractivity contribution in [2.75, 3.05) is 5.32 Å². The van der Waals surface area contributed by atoms with Gasteiger partial charge in [0.1, 0.15) is 11.6 Å². The second kappa shape index (κ2) is 5.85. The molecule has 3 aromatic rings. The third-order valence-electron chi connectivity index (χ3n) is 4.86. The summed E-state index contributed by atoms with van der Waals surface area (Å²) >= 11 is 0. The predicted molar refractivity (Wildman–Crippen MR) is 93.2 cm³/mol. The van der Waals surface area contributed by atoms with E-state index in [9.17, 15) is 0 Å². The van der Waals surface area contributed by atoms with Gasteiger partial charge >= 0.3 is 0 Å². The molecule has 0 unspecified atom stereocenters. The minimum absolute atomic E-state index is 0.591. The van der Waals surface area contributed by atoms with Crippen molar-refractivity contribution in [1.29, 1.82) is 0 Å². The minimum atomic E-state index is 0.591. The van der Waals surface area contributed by atoms with Crippen LogP contribution in [0.1, 0.15) is 46.9 Å². The van der Waals surface area contributed by atoms with E-state index >= 15 is 0 Å². The molecular formula is C18H22N6. The predicted octanol–water partition coefficient (Wildman–Crippen LogP) is 2.94. The number of nitrogens with one attached hydrogen (secondary N) is 1. The molecule has 0 amide bonds. The Balaban J connectivity index is 1.65. The molecule has 0 atom stereocenters. The van der Waals surface area contributed by atoms with E-state index in [2.05, 4.69) is 29.2 Å². The van der Waals surface area contributed by atoms with Crippen LogP contribution in [0.4, 0.5) is 5.82 Å². The lowest BCUT2D eigenvalue weighted by Gasteiger charge is -2.18. The largest absolute Gasteiger partial charge is 0.362 e. The molecule has 4 rings (SSSR count). The number of hydrogen-bond donors (Lipinski definition) is 1. The van der Waals surface area contributed by atoms with Crippen molar-refractivity contribution in [3.05, 3.63) is 46.3 Å². The van der Waals surface area contributed by atoms with Gasteiger partial charge in [-0.1, -0.05) is 0 Å². The summed E-state index contributed by atoms with van der Waals surface area (Å²) in [6.45, 7) is 6.77. The van der Waals surface area contributed by atoms with Crippen molar-refractivity contribution in [3.8, 4) is 0 Å². The maximum Gasteiger partial charge on any atom is 0.157 e. The smallest absolute Gasteiger partial charge is 0.157 e. The number of aryl methyl sites for hydroxylation is 3. The summed E-state index contributed by atoms with van der Waals surface area (Å²) < 4.78 is 1.84. The first kappa shape index (κ1) is 15.1. The zero-order valence-electron chi connectivity index (χ0n) is 14.4. The molecule has 0 aliphatic heterocycles. The van der Waals surface area contributed by atoms with Crippen LogP contribution in [0, 0.1) is 20.8 Å². The summed E-state index contributed by atoms with van der Waals surface area (Å²) in [5.41, 5.74) is 6.67. The fourth-order valence-corrected chi connectivity index (χ4v) is 3.43. The molecule has 0 fully saturated rings. The number of fused-ring (bicyclic) bond motifs is 2. The molecule has 6 heteroatoms. The molecule has 6 nitrogen and oxygen atoms in total. The van der Waals surface area contributed by atoms with Crippen LogP contribution in [0.2, 0.25) is 0 Å². The van der Waals surface area contributed by atoms with Crippen molar-refractivity contribution in [3.63, 3.8) is 0 Å². The van der Waals surface area contributed by atoms with Gasteiger partial charge < -0.3 is 5.32 Å². The molecule has 0 bridgehead atoms. The molecule has 1 aliphatic carbocycles. The van der Waals surface area contributed by atoms with Gasteiger partial charge in [0.25, 0.3) is 0 Å². The third kappa shape index (κ3) is 2.52. The third-order valence-corrected chi connectivity index (χ3v) is 4.86. The molecule has 0 radical (unpaired) electrons. The highest BCUT2D eigenvalue weighted by molar-refractivity contribution is 5.54. The van der Waals surface area contributed by atoms with E-state index in [1.54, 1.807) is 6.20 Å². The van der Waals surface area contributed by atoms with Gasteiger partial charge in [-0.25, -0.2) is 15.0 Å².